The van der Waals surface area contributed by atoms with Gasteiger partial charge in [0.25, 0.3) is 0 Å². The zero-order valence-corrected chi connectivity index (χ0v) is 25.2. The zero-order valence-electron chi connectivity index (χ0n) is 25.2. The molecule has 0 aromatic carbocycles. The first-order chi connectivity index (χ1) is 19.4. The predicted molar refractivity (Wildman–Crippen MR) is 147 cm³/mol. The Balaban J connectivity index is 1.13. The molecule has 5 fully saturated rings. The van der Waals surface area contributed by atoms with E-state index in [2.05, 4.69) is 13.8 Å². The van der Waals surface area contributed by atoms with Gasteiger partial charge in [0.05, 0.1) is 17.8 Å². The Bertz CT molecular complexity index is 1080. The van der Waals surface area contributed by atoms with E-state index in [1.807, 2.05) is 6.92 Å². The van der Waals surface area contributed by atoms with Crippen LogP contribution in [0.5, 0.6) is 0 Å². The maximum Gasteiger partial charge on any atom is 0.331 e. The highest BCUT2D eigenvalue weighted by atomic mass is 16.7. The van der Waals surface area contributed by atoms with E-state index >= 15 is 0 Å². The van der Waals surface area contributed by atoms with Gasteiger partial charge in [-0.05, 0) is 99.4 Å². The number of cyclic esters (lactones) is 1. The molecular formula is C32H48O9. The molecule has 0 radical (unpaired) electrons. The predicted octanol–water partition coefficient (Wildman–Crippen LogP) is 3.68. The SMILES string of the molecule is COC1C(O)C(OC2CCC3(C)C(CCC4C3CCC3(C)C(C5=CC(=O)OC5)CCC43O)C2)OC(C)C1OC(C)=O. The molecule has 4 aliphatic carbocycles. The quantitative estimate of drug-likeness (QED) is 0.373. The number of aliphatic hydroxyl groups is 2. The summed E-state index contributed by atoms with van der Waals surface area (Å²) >= 11 is 0. The summed E-state index contributed by atoms with van der Waals surface area (Å²) in [5.41, 5.74) is 0.238. The summed E-state index contributed by atoms with van der Waals surface area (Å²) in [7, 11) is 1.50. The van der Waals surface area contributed by atoms with Crippen LogP contribution in [-0.2, 0) is 33.3 Å². The minimum Gasteiger partial charge on any atom is -0.458 e. The smallest absolute Gasteiger partial charge is 0.331 e. The van der Waals surface area contributed by atoms with Crippen LogP contribution in [0.1, 0.15) is 85.5 Å². The van der Waals surface area contributed by atoms with Gasteiger partial charge in [-0.2, -0.15) is 0 Å². The van der Waals surface area contributed by atoms with Crippen LogP contribution in [0.25, 0.3) is 0 Å². The van der Waals surface area contributed by atoms with Gasteiger partial charge in [0.1, 0.15) is 18.8 Å². The van der Waals surface area contributed by atoms with E-state index in [1.165, 1.54) is 14.0 Å². The summed E-state index contributed by atoms with van der Waals surface area (Å²) in [6, 6.07) is 0. The monoisotopic (exact) mass is 576 g/mol. The maximum atomic E-state index is 12.4. The van der Waals surface area contributed by atoms with Crippen molar-refractivity contribution in [1.29, 1.82) is 0 Å². The lowest BCUT2D eigenvalue weighted by molar-refractivity contribution is -0.314. The highest BCUT2D eigenvalue weighted by Crippen LogP contribution is 2.70. The van der Waals surface area contributed by atoms with Crippen LogP contribution >= 0.6 is 0 Å². The lowest BCUT2D eigenvalue weighted by Crippen LogP contribution is -2.63. The summed E-state index contributed by atoms with van der Waals surface area (Å²) in [6.07, 6.45) is 6.39. The molecule has 13 unspecified atom stereocenters. The highest BCUT2D eigenvalue weighted by Gasteiger charge is 2.67. The first kappa shape index (κ1) is 29.5. The fourth-order valence-corrected chi connectivity index (χ4v) is 10.4. The molecule has 9 nitrogen and oxygen atoms in total. The van der Waals surface area contributed by atoms with E-state index in [0.717, 1.165) is 63.4 Å². The fraction of sp³-hybridized carbons (Fsp3) is 0.875. The Labute approximate surface area is 243 Å². The van der Waals surface area contributed by atoms with E-state index in [1.54, 1.807) is 6.08 Å². The molecule has 2 heterocycles. The van der Waals surface area contributed by atoms with Crippen molar-refractivity contribution in [3.8, 4) is 0 Å². The fourth-order valence-electron chi connectivity index (χ4n) is 10.4. The van der Waals surface area contributed by atoms with Crippen LogP contribution in [0.15, 0.2) is 11.6 Å². The van der Waals surface area contributed by atoms with Gasteiger partial charge < -0.3 is 33.9 Å². The Kier molecular flexibility index (Phi) is 7.62. The third-order valence-electron chi connectivity index (χ3n) is 12.6. The van der Waals surface area contributed by atoms with Crippen LogP contribution in [0.2, 0.25) is 0 Å². The van der Waals surface area contributed by atoms with Crippen molar-refractivity contribution in [1.82, 2.24) is 0 Å². The van der Waals surface area contributed by atoms with Crippen LogP contribution in [0.3, 0.4) is 0 Å². The first-order valence-corrected chi connectivity index (χ1v) is 15.7. The van der Waals surface area contributed by atoms with Gasteiger partial charge in [0, 0.05) is 25.5 Å². The Hall–Kier alpha value is -1.52. The average molecular weight is 577 g/mol. The minimum absolute atomic E-state index is 0.0427. The number of fused-ring (bicyclic) bond motifs is 5. The molecule has 0 aromatic rings. The maximum absolute atomic E-state index is 12.4. The highest BCUT2D eigenvalue weighted by molar-refractivity contribution is 5.85. The summed E-state index contributed by atoms with van der Waals surface area (Å²) < 4.78 is 28.6. The molecule has 0 amide bonds. The molecule has 230 valence electrons. The third kappa shape index (κ3) is 4.60. The number of carbonyl (C=O) groups excluding carboxylic acids is 2. The normalized spacial score (nSPS) is 51.2. The zero-order chi connectivity index (χ0) is 29.3. The van der Waals surface area contributed by atoms with E-state index in [4.69, 9.17) is 23.7 Å². The molecule has 0 bridgehead atoms. The van der Waals surface area contributed by atoms with Crippen molar-refractivity contribution < 1.29 is 43.5 Å². The lowest BCUT2D eigenvalue weighted by Gasteiger charge is -2.64. The molecule has 2 aliphatic heterocycles. The van der Waals surface area contributed by atoms with Gasteiger partial charge >= 0.3 is 11.9 Å². The molecule has 1 saturated heterocycles. The first-order valence-electron chi connectivity index (χ1n) is 15.7. The third-order valence-corrected chi connectivity index (χ3v) is 12.6. The van der Waals surface area contributed by atoms with Crippen LogP contribution in [0, 0.1) is 34.5 Å². The Morgan fingerprint density at radius 1 is 1.05 bits per heavy atom. The summed E-state index contributed by atoms with van der Waals surface area (Å²) in [6.45, 7) is 8.22. The molecule has 6 aliphatic rings. The molecule has 2 N–H and O–H groups in total. The Morgan fingerprint density at radius 3 is 2.51 bits per heavy atom. The van der Waals surface area contributed by atoms with Gasteiger partial charge in [-0.25, -0.2) is 4.79 Å². The van der Waals surface area contributed by atoms with Crippen molar-refractivity contribution in [3.63, 3.8) is 0 Å². The number of esters is 2. The van der Waals surface area contributed by atoms with Crippen molar-refractivity contribution in [2.45, 2.75) is 128 Å². The van der Waals surface area contributed by atoms with Crippen molar-refractivity contribution >= 4 is 11.9 Å². The molecule has 9 heteroatoms. The van der Waals surface area contributed by atoms with Crippen molar-refractivity contribution in [2.24, 2.45) is 34.5 Å². The molecule has 6 rings (SSSR count). The molecule has 0 spiro atoms. The molecular weight excluding hydrogens is 528 g/mol. The second-order valence-electron chi connectivity index (χ2n) is 14.3. The molecule has 41 heavy (non-hydrogen) atoms. The largest absolute Gasteiger partial charge is 0.458 e. The van der Waals surface area contributed by atoms with Crippen LogP contribution < -0.4 is 0 Å². The Morgan fingerprint density at radius 2 is 1.83 bits per heavy atom. The molecule has 4 saturated carbocycles. The summed E-state index contributed by atoms with van der Waals surface area (Å²) in [4.78, 5) is 23.4. The number of aliphatic hydroxyl groups excluding tert-OH is 1. The molecule has 13 atom stereocenters. The van der Waals surface area contributed by atoms with E-state index in [0.29, 0.717) is 18.4 Å². The summed E-state index contributed by atoms with van der Waals surface area (Å²) in [5, 5.41) is 23.5. The van der Waals surface area contributed by atoms with Gasteiger partial charge in [0.2, 0.25) is 0 Å². The van der Waals surface area contributed by atoms with Gasteiger partial charge in [-0.15, -0.1) is 0 Å². The summed E-state index contributed by atoms with van der Waals surface area (Å²) in [5.74, 6) is 0.697. The van der Waals surface area contributed by atoms with Crippen LogP contribution in [-0.4, -0.2) is 78.3 Å². The second kappa shape index (κ2) is 10.6. The standard InChI is InChI=1S/C32H48O9/c1-17-27(40-18(2)33)28(37-5)26(35)29(39-17)41-21-8-11-30(3)20(15-21)6-7-24-23(30)9-12-31(4)22(10-13-32(24,31)36)19-14-25(34)38-16-19/h14,17,20-24,26-29,35-36H,6-13,15-16H2,1-5H3. The second-order valence-corrected chi connectivity index (χ2v) is 14.3. The number of carbonyl (C=O) groups is 2. The number of methoxy groups -OCH3 is 1. The number of hydrogen-bond acceptors (Lipinski definition) is 9. The van der Waals surface area contributed by atoms with E-state index in [9.17, 15) is 19.8 Å². The lowest BCUT2D eigenvalue weighted by atomic mass is 9.43. The van der Waals surface area contributed by atoms with Gasteiger partial charge in [-0.1, -0.05) is 13.8 Å². The average Bonchev–Trinajstić information content (AvgIpc) is 3.46. The van der Waals surface area contributed by atoms with Crippen molar-refractivity contribution in [3.05, 3.63) is 11.6 Å². The van der Waals surface area contributed by atoms with Crippen LogP contribution in [0.4, 0.5) is 0 Å². The van der Waals surface area contributed by atoms with E-state index in [-0.39, 0.29) is 34.7 Å². The minimum atomic E-state index is -1.07. The molecule has 0 aromatic heterocycles. The van der Waals surface area contributed by atoms with E-state index < -0.39 is 42.3 Å². The number of hydrogen-bond donors (Lipinski definition) is 2. The number of ether oxygens (including phenoxy) is 5. The topological polar surface area (TPSA) is 121 Å². The number of rotatable bonds is 5. The van der Waals surface area contributed by atoms with Gasteiger partial charge in [0.15, 0.2) is 12.4 Å². The van der Waals surface area contributed by atoms with Gasteiger partial charge in [-0.3, -0.25) is 4.79 Å². The van der Waals surface area contributed by atoms with Crippen molar-refractivity contribution in [2.75, 3.05) is 13.7 Å².